The summed E-state index contributed by atoms with van der Waals surface area (Å²) < 4.78 is 33.4. The Hall–Kier alpha value is -1.41. The molecule has 32 heavy (non-hydrogen) atoms. The second-order valence-corrected chi connectivity index (χ2v) is 11.2. The van der Waals surface area contributed by atoms with Gasteiger partial charge in [0, 0.05) is 23.9 Å². The molecule has 0 amide bonds. The lowest BCUT2D eigenvalue weighted by atomic mass is 9.46. The van der Waals surface area contributed by atoms with Crippen LogP contribution in [0.4, 0.5) is 4.39 Å². The highest BCUT2D eigenvalue weighted by molar-refractivity contribution is 6.01. The Morgan fingerprint density at radius 2 is 2.00 bits per heavy atom. The summed E-state index contributed by atoms with van der Waals surface area (Å²) in [4.78, 5) is 25.5. The maximum absolute atomic E-state index is 15.5. The first-order chi connectivity index (χ1) is 14.9. The van der Waals surface area contributed by atoms with Crippen LogP contribution >= 0.6 is 0 Å². The molecule has 6 nitrogen and oxygen atoms in total. The van der Waals surface area contributed by atoms with Gasteiger partial charge in [-0.3, -0.25) is 9.59 Å². The molecule has 0 radical (unpaired) electrons. The van der Waals surface area contributed by atoms with Crippen molar-refractivity contribution in [2.45, 2.75) is 76.7 Å². The highest BCUT2D eigenvalue weighted by Gasteiger charge is 2.77. The summed E-state index contributed by atoms with van der Waals surface area (Å²) in [6, 6.07) is 0. The van der Waals surface area contributed by atoms with Crippen LogP contribution in [-0.4, -0.2) is 60.2 Å². The van der Waals surface area contributed by atoms with Crippen molar-refractivity contribution in [1.29, 1.82) is 0 Å². The molecule has 1 saturated heterocycles. The third-order valence-corrected chi connectivity index (χ3v) is 9.16. The SMILES string of the molecule is COCC(=O)C12OC(C)(C)OC1CC1C3CC(F)C4=CC(=O)C=CC4(C)C3C(O)CC12C. The monoisotopic (exact) mass is 448 g/mol. The van der Waals surface area contributed by atoms with Crippen molar-refractivity contribution in [2.24, 2.45) is 28.6 Å². The van der Waals surface area contributed by atoms with E-state index in [-0.39, 0.29) is 42.3 Å². The molecule has 0 aromatic heterocycles. The van der Waals surface area contributed by atoms with Crippen LogP contribution in [0.5, 0.6) is 0 Å². The number of aliphatic hydroxyl groups is 1. The van der Waals surface area contributed by atoms with E-state index in [0.717, 1.165) is 0 Å². The highest BCUT2D eigenvalue weighted by atomic mass is 19.1. The van der Waals surface area contributed by atoms with Gasteiger partial charge in [0.25, 0.3) is 0 Å². The van der Waals surface area contributed by atoms with Crippen molar-refractivity contribution >= 4 is 11.6 Å². The molecule has 176 valence electrons. The van der Waals surface area contributed by atoms with Crippen molar-refractivity contribution in [2.75, 3.05) is 13.7 Å². The molecule has 1 aliphatic heterocycles. The van der Waals surface area contributed by atoms with Gasteiger partial charge in [0.1, 0.15) is 12.8 Å². The Labute approximate surface area is 188 Å². The first-order valence-electron chi connectivity index (χ1n) is 11.6. The topological polar surface area (TPSA) is 82.1 Å². The van der Waals surface area contributed by atoms with Gasteiger partial charge in [-0.05, 0) is 62.7 Å². The number of hydrogen-bond acceptors (Lipinski definition) is 6. The molecule has 3 saturated carbocycles. The molecule has 5 rings (SSSR count). The van der Waals surface area contributed by atoms with Crippen LogP contribution in [0.2, 0.25) is 0 Å². The fraction of sp³-hybridized carbons (Fsp3) is 0.760. The molecule has 5 aliphatic rings. The van der Waals surface area contributed by atoms with E-state index in [2.05, 4.69) is 0 Å². The lowest BCUT2D eigenvalue weighted by Crippen LogP contribution is -2.64. The van der Waals surface area contributed by atoms with Gasteiger partial charge >= 0.3 is 0 Å². The van der Waals surface area contributed by atoms with Crippen LogP contribution in [0.25, 0.3) is 0 Å². The van der Waals surface area contributed by atoms with Crippen LogP contribution in [-0.2, 0) is 23.8 Å². The Balaban J connectivity index is 1.61. The molecule has 9 unspecified atom stereocenters. The Bertz CT molecular complexity index is 925. The van der Waals surface area contributed by atoms with E-state index in [0.29, 0.717) is 18.4 Å². The fourth-order valence-corrected chi connectivity index (χ4v) is 8.17. The van der Waals surface area contributed by atoms with Gasteiger partial charge in [0.15, 0.2) is 23.0 Å². The summed E-state index contributed by atoms with van der Waals surface area (Å²) in [6.07, 6.45) is 3.26. The number of ketones is 2. The van der Waals surface area contributed by atoms with Gasteiger partial charge in [0.05, 0.1) is 12.2 Å². The van der Waals surface area contributed by atoms with E-state index in [4.69, 9.17) is 14.2 Å². The van der Waals surface area contributed by atoms with Crippen molar-refractivity contribution in [3.05, 3.63) is 23.8 Å². The number of allylic oxidation sites excluding steroid dienone is 4. The lowest BCUT2D eigenvalue weighted by Gasteiger charge is -2.60. The van der Waals surface area contributed by atoms with E-state index in [1.54, 1.807) is 19.9 Å². The smallest absolute Gasteiger partial charge is 0.193 e. The minimum Gasteiger partial charge on any atom is -0.393 e. The summed E-state index contributed by atoms with van der Waals surface area (Å²) in [5, 5.41) is 11.5. The molecule has 1 N–H and O–H groups in total. The number of ether oxygens (including phenoxy) is 3. The van der Waals surface area contributed by atoms with Crippen LogP contribution in [0.3, 0.4) is 0 Å². The average molecular weight is 449 g/mol. The molecule has 9 atom stereocenters. The molecule has 0 aromatic rings. The van der Waals surface area contributed by atoms with Crippen LogP contribution in [0.15, 0.2) is 23.8 Å². The van der Waals surface area contributed by atoms with Crippen LogP contribution in [0.1, 0.15) is 47.0 Å². The second-order valence-electron chi connectivity index (χ2n) is 11.2. The average Bonchev–Trinajstić information content (AvgIpc) is 3.09. The molecule has 7 heteroatoms. The summed E-state index contributed by atoms with van der Waals surface area (Å²) in [5.41, 5.74) is -2.25. The third-order valence-electron chi connectivity index (χ3n) is 9.16. The Morgan fingerprint density at radius 3 is 2.69 bits per heavy atom. The largest absolute Gasteiger partial charge is 0.393 e. The van der Waals surface area contributed by atoms with E-state index in [9.17, 15) is 14.7 Å². The lowest BCUT2D eigenvalue weighted by molar-refractivity contribution is -0.226. The van der Waals surface area contributed by atoms with Gasteiger partial charge in [-0.1, -0.05) is 19.9 Å². The van der Waals surface area contributed by atoms with Crippen molar-refractivity contribution < 1.29 is 33.3 Å². The summed E-state index contributed by atoms with van der Waals surface area (Å²) >= 11 is 0. The number of carbonyl (C=O) groups excluding carboxylic acids is 2. The van der Waals surface area contributed by atoms with Crippen molar-refractivity contribution in [3.63, 3.8) is 0 Å². The molecule has 0 spiro atoms. The number of rotatable bonds is 3. The van der Waals surface area contributed by atoms with Gasteiger partial charge in [-0.15, -0.1) is 0 Å². The number of aliphatic hydroxyl groups excluding tert-OH is 1. The van der Waals surface area contributed by atoms with Crippen LogP contribution in [0, 0.1) is 28.6 Å². The maximum Gasteiger partial charge on any atom is 0.193 e. The van der Waals surface area contributed by atoms with Gasteiger partial charge in [0.2, 0.25) is 0 Å². The molecule has 4 aliphatic carbocycles. The summed E-state index contributed by atoms with van der Waals surface area (Å²) in [5.74, 6) is -1.82. The predicted molar refractivity (Wildman–Crippen MR) is 113 cm³/mol. The number of methoxy groups -OCH3 is 1. The first-order valence-corrected chi connectivity index (χ1v) is 11.6. The van der Waals surface area contributed by atoms with Gasteiger partial charge in [-0.25, -0.2) is 4.39 Å². The van der Waals surface area contributed by atoms with E-state index in [1.165, 1.54) is 19.3 Å². The minimum absolute atomic E-state index is 0.0690. The van der Waals surface area contributed by atoms with Gasteiger partial charge < -0.3 is 19.3 Å². The van der Waals surface area contributed by atoms with E-state index in [1.807, 2.05) is 13.8 Å². The number of halogens is 1. The van der Waals surface area contributed by atoms with Crippen LogP contribution < -0.4 is 0 Å². The Kier molecular flexibility index (Phi) is 4.76. The van der Waals surface area contributed by atoms with Gasteiger partial charge in [-0.2, -0.15) is 0 Å². The minimum atomic E-state index is -1.27. The second kappa shape index (κ2) is 6.81. The molecular weight excluding hydrogens is 415 g/mol. The fourth-order valence-electron chi connectivity index (χ4n) is 8.17. The quantitative estimate of drug-likeness (QED) is 0.715. The Morgan fingerprint density at radius 1 is 1.28 bits per heavy atom. The third kappa shape index (κ3) is 2.65. The molecule has 1 heterocycles. The zero-order valence-electron chi connectivity index (χ0n) is 19.4. The van der Waals surface area contributed by atoms with E-state index < -0.39 is 40.6 Å². The number of hydrogen-bond donors (Lipinski definition) is 1. The molecule has 4 fully saturated rings. The first kappa shape index (κ1) is 22.4. The number of fused-ring (bicyclic) bond motifs is 7. The highest BCUT2D eigenvalue weighted by Crippen LogP contribution is 2.70. The zero-order chi connectivity index (χ0) is 23.3. The number of carbonyl (C=O) groups is 2. The summed E-state index contributed by atoms with van der Waals surface area (Å²) in [6.45, 7) is 7.41. The predicted octanol–water partition coefficient (Wildman–Crippen LogP) is 2.93. The molecule has 0 aromatic carbocycles. The number of Topliss-reactive ketones (excluding diaryl/α,β-unsaturated/α-hetero) is 1. The normalized spacial score (nSPS) is 50.8. The van der Waals surface area contributed by atoms with Crippen molar-refractivity contribution in [1.82, 2.24) is 0 Å². The number of alkyl halides is 1. The molecular formula is C25H33FO6. The molecule has 0 bridgehead atoms. The van der Waals surface area contributed by atoms with Crippen molar-refractivity contribution in [3.8, 4) is 0 Å². The summed E-state index contributed by atoms with van der Waals surface area (Å²) in [7, 11) is 1.48. The zero-order valence-corrected chi connectivity index (χ0v) is 19.4. The standard InChI is InChI=1S/C25H33FO6/c1-22(2)31-20-10-15-14-9-17(26)16-8-13(27)6-7-23(16,3)21(14)18(28)11-24(15,4)25(20,32-22)19(29)12-30-5/h6-8,14-15,17-18,20-21,28H,9-12H2,1-5H3. The maximum atomic E-state index is 15.5. The van der Waals surface area contributed by atoms with E-state index >= 15 is 4.39 Å².